The van der Waals surface area contributed by atoms with E-state index >= 15 is 0 Å². The molecular formula is C14H23N3O3S. The normalized spacial score (nSPS) is 13.0. The molecule has 7 heteroatoms. The van der Waals surface area contributed by atoms with E-state index in [1.54, 1.807) is 0 Å². The van der Waals surface area contributed by atoms with Crippen molar-refractivity contribution < 1.29 is 13.2 Å². The van der Waals surface area contributed by atoms with Gasteiger partial charge in [0.25, 0.3) is 0 Å². The van der Waals surface area contributed by atoms with Gasteiger partial charge < -0.3 is 10.6 Å². The lowest BCUT2D eigenvalue weighted by molar-refractivity contribution is 0.248. The first-order valence-corrected chi connectivity index (χ1v) is 8.43. The number of amides is 2. The average Bonchev–Trinajstić information content (AvgIpc) is 2.35. The molecule has 4 N–H and O–H groups in total. The minimum atomic E-state index is -3.71. The van der Waals surface area contributed by atoms with Crippen molar-refractivity contribution in [2.45, 2.75) is 44.6 Å². The molecule has 0 aliphatic heterocycles. The number of anilines is 1. The van der Waals surface area contributed by atoms with Crippen LogP contribution in [0.5, 0.6) is 0 Å². The maximum absolute atomic E-state index is 11.8. The Labute approximate surface area is 126 Å². The van der Waals surface area contributed by atoms with Gasteiger partial charge in [-0.3, -0.25) is 0 Å². The van der Waals surface area contributed by atoms with Gasteiger partial charge >= 0.3 is 6.03 Å². The highest BCUT2D eigenvalue weighted by Crippen LogP contribution is 2.13. The van der Waals surface area contributed by atoms with Crippen LogP contribution >= 0.6 is 0 Å². The van der Waals surface area contributed by atoms with Crippen LogP contribution in [0.4, 0.5) is 10.5 Å². The fraction of sp³-hybridized carbons (Fsp3) is 0.500. The van der Waals surface area contributed by atoms with Gasteiger partial charge in [-0.2, -0.15) is 0 Å². The molecule has 0 aliphatic rings. The van der Waals surface area contributed by atoms with E-state index in [4.69, 9.17) is 5.14 Å². The SMILES string of the molecule is CC(C)CCC(C)NC(=O)Nc1ccc(S(N)(=O)=O)cc1. The number of hydrogen-bond donors (Lipinski definition) is 3. The van der Waals surface area contributed by atoms with Crippen LogP contribution in [-0.2, 0) is 10.0 Å². The van der Waals surface area contributed by atoms with Crippen molar-refractivity contribution in [1.82, 2.24) is 5.32 Å². The largest absolute Gasteiger partial charge is 0.335 e. The summed E-state index contributed by atoms with van der Waals surface area (Å²) in [7, 11) is -3.71. The van der Waals surface area contributed by atoms with E-state index < -0.39 is 10.0 Å². The summed E-state index contributed by atoms with van der Waals surface area (Å²) >= 11 is 0. The molecule has 1 aromatic rings. The monoisotopic (exact) mass is 313 g/mol. The molecular weight excluding hydrogens is 290 g/mol. The number of sulfonamides is 1. The third-order valence-electron chi connectivity index (χ3n) is 3.00. The number of urea groups is 1. The summed E-state index contributed by atoms with van der Waals surface area (Å²) in [5, 5.41) is 10.5. The van der Waals surface area contributed by atoms with Crippen LogP contribution in [0, 0.1) is 5.92 Å². The topological polar surface area (TPSA) is 101 Å². The van der Waals surface area contributed by atoms with Gasteiger partial charge in [0.1, 0.15) is 0 Å². The van der Waals surface area contributed by atoms with Gasteiger partial charge in [0, 0.05) is 11.7 Å². The Bertz CT molecular complexity index is 568. The van der Waals surface area contributed by atoms with Gasteiger partial charge in [-0.05, 0) is 49.9 Å². The fourth-order valence-electron chi connectivity index (χ4n) is 1.77. The molecule has 0 radical (unpaired) electrons. The summed E-state index contributed by atoms with van der Waals surface area (Å²) < 4.78 is 22.2. The molecule has 0 saturated heterocycles. The van der Waals surface area contributed by atoms with Crippen LogP contribution < -0.4 is 15.8 Å². The molecule has 1 rings (SSSR count). The molecule has 1 aromatic carbocycles. The van der Waals surface area contributed by atoms with Crippen molar-refractivity contribution in [1.29, 1.82) is 0 Å². The molecule has 0 aromatic heterocycles. The number of nitrogens with one attached hydrogen (secondary N) is 2. The molecule has 2 amide bonds. The summed E-state index contributed by atoms with van der Waals surface area (Å²) in [5.74, 6) is 0.600. The predicted octanol–water partition coefficient (Wildman–Crippen LogP) is 2.28. The molecule has 21 heavy (non-hydrogen) atoms. The maximum atomic E-state index is 11.8. The van der Waals surface area contributed by atoms with E-state index in [0.717, 1.165) is 12.8 Å². The number of nitrogens with two attached hydrogens (primary N) is 1. The van der Waals surface area contributed by atoms with E-state index in [0.29, 0.717) is 11.6 Å². The minimum Gasteiger partial charge on any atom is -0.335 e. The second-order valence-electron chi connectivity index (χ2n) is 5.54. The first-order valence-electron chi connectivity index (χ1n) is 6.89. The van der Waals surface area contributed by atoms with Crippen LogP contribution in [0.15, 0.2) is 29.2 Å². The second kappa shape index (κ2) is 7.42. The highest BCUT2D eigenvalue weighted by molar-refractivity contribution is 7.89. The average molecular weight is 313 g/mol. The number of carbonyl (C=O) groups excluding carboxylic acids is 1. The molecule has 1 unspecified atom stereocenters. The highest BCUT2D eigenvalue weighted by Gasteiger charge is 2.10. The van der Waals surface area contributed by atoms with Crippen molar-refractivity contribution in [2.24, 2.45) is 11.1 Å². The number of hydrogen-bond acceptors (Lipinski definition) is 3. The Morgan fingerprint density at radius 1 is 1.14 bits per heavy atom. The van der Waals surface area contributed by atoms with Crippen LogP contribution in [0.3, 0.4) is 0 Å². The van der Waals surface area contributed by atoms with Gasteiger partial charge in [-0.1, -0.05) is 13.8 Å². The first kappa shape index (κ1) is 17.5. The third-order valence-corrected chi connectivity index (χ3v) is 3.92. The van der Waals surface area contributed by atoms with Crippen LogP contribution in [-0.4, -0.2) is 20.5 Å². The lowest BCUT2D eigenvalue weighted by Gasteiger charge is -2.15. The zero-order valence-electron chi connectivity index (χ0n) is 12.6. The molecule has 0 spiro atoms. The molecule has 0 saturated carbocycles. The molecule has 0 bridgehead atoms. The van der Waals surface area contributed by atoms with Crippen molar-refractivity contribution in [3.05, 3.63) is 24.3 Å². The Kier molecular flexibility index (Phi) is 6.17. The molecule has 1 atom stereocenters. The minimum absolute atomic E-state index is 0.0127. The van der Waals surface area contributed by atoms with Crippen molar-refractivity contribution >= 4 is 21.7 Å². The smallest absolute Gasteiger partial charge is 0.319 e. The molecule has 6 nitrogen and oxygen atoms in total. The van der Waals surface area contributed by atoms with E-state index in [1.165, 1.54) is 24.3 Å². The summed E-state index contributed by atoms with van der Waals surface area (Å²) in [6.45, 7) is 6.23. The van der Waals surface area contributed by atoms with Crippen molar-refractivity contribution in [2.75, 3.05) is 5.32 Å². The highest BCUT2D eigenvalue weighted by atomic mass is 32.2. The third kappa shape index (κ3) is 6.59. The van der Waals surface area contributed by atoms with E-state index in [-0.39, 0.29) is 17.0 Å². The van der Waals surface area contributed by atoms with E-state index in [1.807, 2.05) is 6.92 Å². The summed E-state index contributed by atoms with van der Waals surface area (Å²) in [5.41, 5.74) is 0.510. The summed E-state index contributed by atoms with van der Waals surface area (Å²) in [6, 6.07) is 5.47. The summed E-state index contributed by atoms with van der Waals surface area (Å²) in [4.78, 5) is 11.8. The van der Waals surface area contributed by atoms with Crippen LogP contribution in [0.25, 0.3) is 0 Å². The number of carbonyl (C=O) groups is 1. The van der Waals surface area contributed by atoms with Crippen LogP contribution in [0.1, 0.15) is 33.6 Å². The Hall–Kier alpha value is -1.60. The molecule has 0 heterocycles. The Morgan fingerprint density at radius 2 is 1.71 bits per heavy atom. The fourth-order valence-corrected chi connectivity index (χ4v) is 2.29. The Balaban J connectivity index is 2.51. The van der Waals surface area contributed by atoms with Gasteiger partial charge in [0.2, 0.25) is 10.0 Å². The second-order valence-corrected chi connectivity index (χ2v) is 7.10. The zero-order valence-corrected chi connectivity index (χ0v) is 13.4. The molecule has 118 valence electrons. The van der Waals surface area contributed by atoms with Crippen molar-refractivity contribution in [3.63, 3.8) is 0 Å². The van der Waals surface area contributed by atoms with Crippen LogP contribution in [0.2, 0.25) is 0 Å². The number of benzene rings is 1. The van der Waals surface area contributed by atoms with E-state index in [9.17, 15) is 13.2 Å². The summed E-state index contributed by atoms with van der Waals surface area (Å²) in [6.07, 6.45) is 1.96. The number of primary sulfonamides is 1. The van der Waals surface area contributed by atoms with Gasteiger partial charge in [0.05, 0.1) is 4.90 Å². The molecule has 0 fully saturated rings. The van der Waals surface area contributed by atoms with Crippen molar-refractivity contribution in [3.8, 4) is 0 Å². The lowest BCUT2D eigenvalue weighted by Crippen LogP contribution is -2.36. The standard InChI is InChI=1S/C14H23N3O3S/c1-10(2)4-5-11(3)16-14(18)17-12-6-8-13(9-7-12)21(15,19)20/h6-11H,4-5H2,1-3H3,(H2,15,19,20)(H2,16,17,18). The van der Waals surface area contributed by atoms with E-state index in [2.05, 4.69) is 24.5 Å². The maximum Gasteiger partial charge on any atom is 0.319 e. The van der Waals surface area contributed by atoms with Gasteiger partial charge in [-0.15, -0.1) is 0 Å². The zero-order chi connectivity index (χ0) is 16.0. The first-order chi connectivity index (χ1) is 9.68. The van der Waals surface area contributed by atoms with Gasteiger partial charge in [0.15, 0.2) is 0 Å². The number of rotatable bonds is 6. The molecule has 0 aliphatic carbocycles. The quantitative estimate of drug-likeness (QED) is 0.751. The lowest BCUT2D eigenvalue weighted by atomic mass is 10.0. The Morgan fingerprint density at radius 3 is 2.19 bits per heavy atom. The van der Waals surface area contributed by atoms with Gasteiger partial charge in [-0.25, -0.2) is 18.4 Å². The predicted molar refractivity (Wildman–Crippen MR) is 83.5 cm³/mol.